The maximum atomic E-state index is 13.9. The molecule has 1 spiro atoms. The fourth-order valence-electron chi connectivity index (χ4n) is 8.99. The van der Waals surface area contributed by atoms with Crippen LogP contribution in [0.3, 0.4) is 0 Å². The Bertz CT molecular complexity index is 1300. The van der Waals surface area contributed by atoms with Crippen LogP contribution in [-0.4, -0.2) is 87.2 Å². The molecule has 3 N–H and O–H groups in total. The molecule has 5 fully saturated rings. The number of cyclic esters (lactones) is 2. The number of fused-ring (bicyclic) bond motifs is 3. The van der Waals surface area contributed by atoms with Gasteiger partial charge in [0.2, 0.25) is 17.9 Å². The van der Waals surface area contributed by atoms with E-state index in [4.69, 9.17) is 23.7 Å². The number of methoxy groups -OCH3 is 1. The number of aliphatic hydroxyl groups is 3. The number of carbonyl (C=O) groups excluding carboxylic acids is 4. The molecule has 0 amide bonds. The zero-order valence-corrected chi connectivity index (χ0v) is 22.5. The number of Topliss-reactive ketones (excluding diaryl/α,β-unsaturated/α-hetero) is 1. The minimum atomic E-state index is -2.59. The number of hydrogen-bond acceptors (Lipinski definition) is 12. The van der Waals surface area contributed by atoms with E-state index < -0.39 is 86.9 Å². The summed E-state index contributed by atoms with van der Waals surface area (Å²) in [6, 6.07) is 0. The Morgan fingerprint density at radius 2 is 1.74 bits per heavy atom. The number of rotatable bonds is 3. The van der Waals surface area contributed by atoms with Crippen molar-refractivity contribution in [3.63, 3.8) is 0 Å². The first kappa shape index (κ1) is 26.6. The topological polar surface area (TPSA) is 178 Å². The van der Waals surface area contributed by atoms with Crippen molar-refractivity contribution in [3.8, 4) is 0 Å². The molecule has 4 aliphatic heterocycles. The Morgan fingerprint density at radius 1 is 1.08 bits per heavy atom. The van der Waals surface area contributed by atoms with E-state index in [0.29, 0.717) is 0 Å². The third-order valence-electron chi connectivity index (χ3n) is 10.7. The summed E-state index contributed by atoms with van der Waals surface area (Å²) < 4.78 is 27.7. The highest BCUT2D eigenvalue weighted by atomic mass is 16.7. The Balaban J connectivity index is 1.60. The van der Waals surface area contributed by atoms with E-state index in [1.807, 2.05) is 0 Å². The van der Waals surface area contributed by atoms with Crippen LogP contribution in [-0.2, 0) is 42.9 Å². The first-order valence-electron chi connectivity index (χ1n) is 12.9. The molecule has 0 aromatic heterocycles. The molecule has 2 aliphatic carbocycles. The third kappa shape index (κ3) is 2.50. The van der Waals surface area contributed by atoms with Crippen LogP contribution < -0.4 is 0 Å². The highest BCUT2D eigenvalue weighted by Gasteiger charge is 2.98. The van der Waals surface area contributed by atoms with Crippen molar-refractivity contribution in [2.45, 2.75) is 88.5 Å². The van der Waals surface area contributed by atoms with Crippen molar-refractivity contribution >= 4 is 23.7 Å². The van der Waals surface area contributed by atoms with Crippen LogP contribution in [0, 0.1) is 22.2 Å². The number of epoxide rings is 1. The van der Waals surface area contributed by atoms with Gasteiger partial charge in [0.05, 0.1) is 18.1 Å². The van der Waals surface area contributed by atoms with Crippen LogP contribution in [0.15, 0.2) is 23.8 Å². The molecule has 0 radical (unpaired) electrons. The van der Waals surface area contributed by atoms with E-state index in [1.54, 1.807) is 20.8 Å². The second-order valence-electron chi connectivity index (χ2n) is 12.6. The Labute approximate surface area is 223 Å². The lowest BCUT2D eigenvalue weighted by Gasteiger charge is -2.59. The molecule has 39 heavy (non-hydrogen) atoms. The van der Waals surface area contributed by atoms with Gasteiger partial charge in [0.15, 0.2) is 11.7 Å². The number of ketones is 1. The molecule has 4 heterocycles. The number of hydrogen-bond donors (Lipinski definition) is 3. The number of aliphatic hydroxyl groups excluding tert-OH is 1. The molecule has 3 saturated heterocycles. The van der Waals surface area contributed by atoms with Gasteiger partial charge in [-0.1, -0.05) is 26.8 Å². The Morgan fingerprint density at radius 3 is 2.33 bits per heavy atom. The normalized spacial score (nSPS) is 52.8. The molecule has 0 bridgehead atoms. The van der Waals surface area contributed by atoms with E-state index in [9.17, 15) is 34.5 Å². The second-order valence-corrected chi connectivity index (χ2v) is 12.6. The average molecular weight is 549 g/mol. The zero-order chi connectivity index (χ0) is 28.8. The van der Waals surface area contributed by atoms with E-state index in [-0.39, 0.29) is 18.4 Å². The van der Waals surface area contributed by atoms with Gasteiger partial charge in [-0.15, -0.1) is 0 Å². The van der Waals surface area contributed by atoms with Gasteiger partial charge in [-0.05, 0) is 38.7 Å². The van der Waals surface area contributed by atoms with E-state index in [1.165, 1.54) is 27.0 Å². The summed E-state index contributed by atoms with van der Waals surface area (Å²) in [5, 5.41) is 34.9. The molecule has 6 rings (SSSR count). The molecule has 6 aliphatic rings. The molecular weight excluding hydrogens is 516 g/mol. The number of ether oxygens (including phenoxy) is 5. The summed E-state index contributed by atoms with van der Waals surface area (Å²) in [6.07, 6.45) is 0.199. The maximum Gasteiger partial charge on any atom is 0.340 e. The summed E-state index contributed by atoms with van der Waals surface area (Å²) >= 11 is 0. The van der Waals surface area contributed by atoms with E-state index >= 15 is 0 Å². The van der Waals surface area contributed by atoms with Crippen molar-refractivity contribution in [2.24, 2.45) is 22.2 Å². The van der Waals surface area contributed by atoms with Crippen LogP contribution in [0.1, 0.15) is 47.5 Å². The van der Waals surface area contributed by atoms with Gasteiger partial charge < -0.3 is 39.0 Å². The van der Waals surface area contributed by atoms with E-state index in [2.05, 4.69) is 0 Å². The first-order chi connectivity index (χ1) is 17.9. The summed E-state index contributed by atoms with van der Waals surface area (Å²) in [4.78, 5) is 52.0. The van der Waals surface area contributed by atoms with Crippen molar-refractivity contribution in [1.29, 1.82) is 0 Å². The first-order valence-corrected chi connectivity index (χ1v) is 12.9. The van der Waals surface area contributed by atoms with Crippen LogP contribution >= 0.6 is 0 Å². The zero-order valence-electron chi connectivity index (χ0n) is 22.5. The molecule has 1 unspecified atom stereocenters. The lowest BCUT2D eigenvalue weighted by Crippen LogP contribution is -2.72. The van der Waals surface area contributed by atoms with E-state index in [0.717, 1.165) is 12.2 Å². The van der Waals surface area contributed by atoms with Crippen LogP contribution in [0.25, 0.3) is 0 Å². The van der Waals surface area contributed by atoms with Crippen molar-refractivity contribution < 1.29 is 58.2 Å². The Kier molecular flexibility index (Phi) is 4.88. The SMILES string of the molecule is COC(=O)C=C[C@]1(C)[C@H]2CC[C@@]3(C)[C@H](C4=CC(O)OC4=O)OC(=O)[C@H]4O[C@]43[C@]2(C)[C@]2(O)OC(C)(C)C(=O)[C@@]21O. The predicted molar refractivity (Wildman–Crippen MR) is 126 cm³/mol. The molecule has 10 atom stereocenters. The van der Waals surface area contributed by atoms with Gasteiger partial charge in [-0.3, -0.25) is 4.79 Å². The molecule has 2 saturated carbocycles. The van der Waals surface area contributed by atoms with Crippen molar-refractivity contribution in [1.82, 2.24) is 0 Å². The average Bonchev–Trinajstić information content (AvgIpc) is 3.50. The molecule has 0 aromatic rings. The minimum absolute atomic E-state index is 0.0638. The monoisotopic (exact) mass is 548 g/mol. The van der Waals surface area contributed by atoms with Gasteiger partial charge in [0.1, 0.15) is 17.3 Å². The minimum Gasteiger partial charge on any atom is -0.466 e. The summed E-state index contributed by atoms with van der Waals surface area (Å²) in [5.74, 6) is -6.54. The maximum absolute atomic E-state index is 13.9. The van der Waals surface area contributed by atoms with Gasteiger partial charge >= 0.3 is 17.9 Å². The molecule has 12 nitrogen and oxygen atoms in total. The number of esters is 3. The second kappa shape index (κ2) is 7.16. The summed E-state index contributed by atoms with van der Waals surface area (Å²) in [7, 11) is 1.19. The van der Waals surface area contributed by atoms with Crippen LogP contribution in [0.4, 0.5) is 0 Å². The summed E-state index contributed by atoms with van der Waals surface area (Å²) in [6.45, 7) is 7.77. The number of carbonyl (C=O) groups is 4. The highest BCUT2D eigenvalue weighted by molar-refractivity contribution is 6.00. The van der Waals surface area contributed by atoms with Gasteiger partial charge in [0, 0.05) is 16.9 Å². The van der Waals surface area contributed by atoms with Crippen LogP contribution in [0.2, 0.25) is 0 Å². The fraction of sp³-hybridized carbons (Fsp3) is 0.704. The Hall–Kier alpha value is -2.64. The lowest BCUT2D eigenvalue weighted by molar-refractivity contribution is -0.339. The quantitative estimate of drug-likeness (QED) is 0.184. The fourth-order valence-corrected chi connectivity index (χ4v) is 8.99. The van der Waals surface area contributed by atoms with Crippen molar-refractivity contribution in [3.05, 3.63) is 23.8 Å². The summed E-state index contributed by atoms with van der Waals surface area (Å²) in [5.41, 5.74) is -10.3. The smallest absolute Gasteiger partial charge is 0.340 e. The largest absolute Gasteiger partial charge is 0.466 e. The molecule has 212 valence electrons. The molecular formula is C27H32O12. The standard InChI is InChI=1S/C27H32O12/c1-21(2)20(32)25(33)22(3,10-8-14(28)35-6)13-7-9-23(4)16(12-11-15(29)36-18(12)30)37-19(31)17-26(23,38-17)24(13,5)27(25,34)39-21/h8,10-11,13,15-17,29,33-34H,7,9H2,1-6H3/t13-,15?,16+,17-,22-,23+,24-,25+,26-,27+/m1/s1. The van der Waals surface area contributed by atoms with Gasteiger partial charge in [-0.25, -0.2) is 14.4 Å². The van der Waals surface area contributed by atoms with Gasteiger partial charge in [-0.2, -0.15) is 0 Å². The van der Waals surface area contributed by atoms with Gasteiger partial charge in [0.25, 0.3) is 0 Å². The van der Waals surface area contributed by atoms with Crippen LogP contribution in [0.5, 0.6) is 0 Å². The molecule has 12 heteroatoms. The molecule has 0 aromatic carbocycles. The lowest BCUT2D eigenvalue weighted by atomic mass is 9.45. The van der Waals surface area contributed by atoms with Crippen molar-refractivity contribution in [2.75, 3.05) is 7.11 Å². The predicted octanol–water partition coefficient (Wildman–Crippen LogP) is -0.180. The third-order valence-corrected chi connectivity index (χ3v) is 10.7. The highest BCUT2D eigenvalue weighted by Crippen LogP contribution is 2.83.